The number of aliphatic carboxylic acids is 1. The Kier molecular flexibility index (Phi) is 5.06. The fourth-order valence-electron chi connectivity index (χ4n) is 1.66. The minimum Gasteiger partial charge on any atom is -0.481 e. The lowest BCUT2D eigenvalue weighted by molar-refractivity contribution is -0.136. The van der Waals surface area contributed by atoms with Gasteiger partial charge in [-0.15, -0.1) is 0 Å². The number of likely N-dealkylation sites (N-methyl/N-ethyl adjacent to an activating group) is 1. The molecule has 0 amide bonds. The summed E-state index contributed by atoms with van der Waals surface area (Å²) in [5.41, 5.74) is 7.28. The maximum absolute atomic E-state index is 10.7. The molecule has 1 rings (SSSR count). The van der Waals surface area contributed by atoms with E-state index in [1.54, 1.807) is 0 Å². The maximum atomic E-state index is 10.7. The van der Waals surface area contributed by atoms with Crippen molar-refractivity contribution in [2.45, 2.75) is 13.0 Å². The summed E-state index contributed by atoms with van der Waals surface area (Å²) in [5, 5.41) is 8.82. The zero-order chi connectivity index (χ0) is 12.8. The number of nitrogens with two attached hydrogens (primary N) is 1. The number of carboxylic acids is 1. The van der Waals surface area contributed by atoms with E-state index in [9.17, 15) is 4.79 Å². The molecule has 1 aromatic rings. The molecule has 0 aliphatic rings. The van der Waals surface area contributed by atoms with Gasteiger partial charge in [0.05, 0.1) is 11.4 Å². The Morgan fingerprint density at radius 2 is 2.00 bits per heavy atom. The highest BCUT2D eigenvalue weighted by Gasteiger charge is 2.08. The lowest BCUT2D eigenvalue weighted by Crippen LogP contribution is -2.29. The molecule has 92 valence electrons. The third kappa shape index (κ3) is 4.93. The van der Waals surface area contributed by atoms with Gasteiger partial charge in [-0.05, 0) is 18.2 Å². The van der Waals surface area contributed by atoms with E-state index in [2.05, 4.69) is 0 Å². The smallest absolute Gasteiger partial charge is 0.307 e. The molecule has 0 spiro atoms. The Hall–Kier alpha value is -1.46. The van der Waals surface area contributed by atoms with Gasteiger partial charge >= 0.3 is 5.97 Å². The summed E-state index contributed by atoms with van der Waals surface area (Å²) < 4.78 is 0. The number of hydrogen-bond donors (Lipinski definition) is 2. The first-order valence-corrected chi connectivity index (χ1v) is 5.65. The monoisotopic (exact) mass is 252 g/mol. The minimum absolute atomic E-state index is 0.0388. The van der Waals surface area contributed by atoms with Gasteiger partial charge in [-0.3, -0.25) is 9.69 Å². The van der Waals surface area contributed by atoms with E-state index in [1.807, 2.05) is 36.2 Å². The molecule has 0 radical (unpaired) electrons. The van der Waals surface area contributed by atoms with E-state index in [0.717, 1.165) is 11.1 Å². The molecule has 17 heavy (non-hydrogen) atoms. The average Bonchev–Trinajstić information content (AvgIpc) is 2.18. The summed E-state index contributed by atoms with van der Waals surface area (Å²) >= 11 is 4.83. The summed E-state index contributed by atoms with van der Waals surface area (Å²) in [4.78, 5) is 13.1. The summed E-state index contributed by atoms with van der Waals surface area (Å²) in [6.45, 7) is 1.16. The quantitative estimate of drug-likeness (QED) is 0.740. The number of hydrogen-bond acceptors (Lipinski definition) is 3. The van der Waals surface area contributed by atoms with Crippen LogP contribution in [0.1, 0.15) is 11.1 Å². The normalized spacial score (nSPS) is 10.5. The average molecular weight is 252 g/mol. The van der Waals surface area contributed by atoms with Crippen molar-refractivity contribution in [1.29, 1.82) is 0 Å². The van der Waals surface area contributed by atoms with Crippen LogP contribution >= 0.6 is 12.2 Å². The highest BCUT2D eigenvalue weighted by Crippen LogP contribution is 2.11. The lowest BCUT2D eigenvalue weighted by atomic mass is 10.0. The van der Waals surface area contributed by atoms with Crippen LogP contribution in [-0.4, -0.2) is 34.6 Å². The van der Waals surface area contributed by atoms with Crippen molar-refractivity contribution in [1.82, 2.24) is 4.90 Å². The molecule has 5 heteroatoms. The van der Waals surface area contributed by atoms with Gasteiger partial charge in [0.15, 0.2) is 0 Å². The van der Waals surface area contributed by atoms with E-state index in [-0.39, 0.29) is 6.42 Å². The molecule has 0 atom stereocenters. The summed E-state index contributed by atoms with van der Waals surface area (Å²) in [5.74, 6) is -0.825. The second-order valence-electron chi connectivity index (χ2n) is 3.98. The number of thiocarbonyl (C=S) groups is 1. The van der Waals surface area contributed by atoms with Crippen molar-refractivity contribution in [3.8, 4) is 0 Å². The third-order valence-corrected chi connectivity index (χ3v) is 2.46. The zero-order valence-electron chi connectivity index (χ0n) is 9.72. The van der Waals surface area contributed by atoms with Gasteiger partial charge in [0.1, 0.15) is 0 Å². The number of carbonyl (C=O) groups is 1. The Bertz CT molecular complexity index is 421. The van der Waals surface area contributed by atoms with Crippen molar-refractivity contribution in [3.63, 3.8) is 0 Å². The number of nitrogens with zero attached hydrogens (tertiary/aromatic N) is 1. The minimum atomic E-state index is -0.825. The molecule has 0 aliphatic carbocycles. The molecule has 4 nitrogen and oxygen atoms in total. The summed E-state index contributed by atoms with van der Waals surface area (Å²) in [6, 6.07) is 7.50. The Morgan fingerprint density at radius 3 is 2.53 bits per heavy atom. The molecule has 0 aromatic heterocycles. The van der Waals surface area contributed by atoms with Crippen LogP contribution in [0.25, 0.3) is 0 Å². The first-order chi connectivity index (χ1) is 7.99. The van der Waals surface area contributed by atoms with Gasteiger partial charge < -0.3 is 10.8 Å². The topological polar surface area (TPSA) is 66.6 Å². The standard InChI is InChI=1S/C12H16N2O2S/c1-14(8-11(13)17)7-10-5-3-2-4-9(10)6-12(15)16/h2-5H,6-8H2,1H3,(H2,13,17)(H,15,16). The zero-order valence-corrected chi connectivity index (χ0v) is 10.5. The predicted molar refractivity (Wildman–Crippen MR) is 70.9 cm³/mol. The van der Waals surface area contributed by atoms with Crippen molar-refractivity contribution < 1.29 is 9.90 Å². The molecular weight excluding hydrogens is 236 g/mol. The van der Waals surface area contributed by atoms with Gasteiger partial charge in [0.2, 0.25) is 0 Å². The van der Waals surface area contributed by atoms with Crippen molar-refractivity contribution in [2.24, 2.45) is 5.73 Å². The van der Waals surface area contributed by atoms with Gasteiger partial charge in [-0.25, -0.2) is 0 Å². The largest absolute Gasteiger partial charge is 0.481 e. The van der Waals surface area contributed by atoms with Gasteiger partial charge in [-0.2, -0.15) is 0 Å². The van der Waals surface area contributed by atoms with E-state index >= 15 is 0 Å². The molecular formula is C12H16N2O2S. The molecule has 0 aliphatic heterocycles. The van der Waals surface area contributed by atoms with Crippen LogP contribution in [0, 0.1) is 0 Å². The van der Waals surface area contributed by atoms with Gasteiger partial charge in [0, 0.05) is 13.1 Å². The SMILES string of the molecule is CN(CC(N)=S)Cc1ccccc1CC(=O)O. The van der Waals surface area contributed by atoms with E-state index in [0.29, 0.717) is 18.1 Å². The van der Waals surface area contributed by atoms with Crippen molar-refractivity contribution in [3.05, 3.63) is 35.4 Å². The summed E-state index contributed by atoms with van der Waals surface area (Å²) in [6.07, 6.45) is 0.0388. The van der Waals surface area contributed by atoms with Crippen molar-refractivity contribution in [2.75, 3.05) is 13.6 Å². The molecule has 0 unspecified atom stereocenters. The summed E-state index contributed by atoms with van der Waals surface area (Å²) in [7, 11) is 1.90. The number of benzene rings is 1. The molecule has 3 N–H and O–H groups in total. The third-order valence-electron chi connectivity index (χ3n) is 2.33. The fraction of sp³-hybridized carbons (Fsp3) is 0.333. The molecule has 0 bridgehead atoms. The first-order valence-electron chi connectivity index (χ1n) is 5.24. The molecule has 0 fully saturated rings. The van der Waals surface area contributed by atoms with Crippen LogP contribution < -0.4 is 5.73 Å². The van der Waals surface area contributed by atoms with Crippen LogP contribution in [0.2, 0.25) is 0 Å². The van der Waals surface area contributed by atoms with E-state index < -0.39 is 5.97 Å². The van der Waals surface area contributed by atoms with Crippen LogP contribution in [0.15, 0.2) is 24.3 Å². The Balaban J connectivity index is 2.75. The van der Waals surface area contributed by atoms with Gasteiger partial charge in [0.25, 0.3) is 0 Å². The fourth-order valence-corrected chi connectivity index (χ4v) is 1.88. The molecule has 0 saturated carbocycles. The highest BCUT2D eigenvalue weighted by molar-refractivity contribution is 7.80. The molecule has 0 saturated heterocycles. The van der Waals surface area contributed by atoms with Crippen LogP contribution in [0.3, 0.4) is 0 Å². The Labute approximate surface area is 106 Å². The van der Waals surface area contributed by atoms with Crippen LogP contribution in [-0.2, 0) is 17.8 Å². The highest BCUT2D eigenvalue weighted by atomic mass is 32.1. The number of rotatable bonds is 6. The predicted octanol–water partition coefficient (Wildman–Crippen LogP) is 1.03. The van der Waals surface area contributed by atoms with Crippen LogP contribution in [0.4, 0.5) is 0 Å². The van der Waals surface area contributed by atoms with E-state index in [4.69, 9.17) is 23.1 Å². The van der Waals surface area contributed by atoms with Crippen molar-refractivity contribution >= 4 is 23.2 Å². The Morgan fingerprint density at radius 1 is 1.41 bits per heavy atom. The molecule has 1 aromatic carbocycles. The van der Waals surface area contributed by atoms with E-state index in [1.165, 1.54) is 0 Å². The maximum Gasteiger partial charge on any atom is 0.307 e. The molecule has 0 heterocycles. The second kappa shape index (κ2) is 6.32. The number of carboxylic acid groups (broad SMARTS) is 1. The van der Waals surface area contributed by atoms with Gasteiger partial charge in [-0.1, -0.05) is 36.5 Å². The van der Waals surface area contributed by atoms with Crippen LogP contribution in [0.5, 0.6) is 0 Å². The first kappa shape index (κ1) is 13.6. The lowest BCUT2D eigenvalue weighted by Gasteiger charge is -2.17. The second-order valence-corrected chi connectivity index (χ2v) is 4.50.